The number of hydrogen-bond acceptors (Lipinski definition) is 4. The third-order valence-electron chi connectivity index (χ3n) is 2.92. The summed E-state index contributed by atoms with van der Waals surface area (Å²) in [5.74, 6) is 0.298. The molecule has 8 N–H and O–H groups in total. The number of nitrogens with one attached hydrogen (secondary N) is 4. The average Bonchev–Trinajstić information content (AvgIpc) is 2.31. The number of nitrogens with two attached hydrogens (primary N) is 2. The Labute approximate surface area is 109 Å². The van der Waals surface area contributed by atoms with Crippen LogP contribution < -0.4 is 32.4 Å². The predicted molar refractivity (Wildman–Crippen MR) is 74.3 cm³/mol. The summed E-state index contributed by atoms with van der Waals surface area (Å²) in [5.41, 5.74) is 10.8. The second-order valence-electron chi connectivity index (χ2n) is 4.47. The second kappa shape index (κ2) is 10.1. The monoisotopic (exact) mass is 258 g/mol. The molecule has 106 valence electrons. The number of hydrogen-bond donors (Lipinski definition) is 6. The van der Waals surface area contributed by atoms with E-state index >= 15 is 0 Å². The van der Waals surface area contributed by atoms with Crippen molar-refractivity contribution in [3.63, 3.8) is 0 Å². The third kappa shape index (κ3) is 8.24. The maximum atomic E-state index is 5.38. The van der Waals surface area contributed by atoms with Gasteiger partial charge in [-0.3, -0.25) is 21.4 Å². The molecule has 1 aliphatic rings. The van der Waals surface area contributed by atoms with Crippen LogP contribution in [-0.2, 0) is 0 Å². The molecule has 0 atom stereocenters. The molecule has 0 saturated carbocycles. The first-order valence-corrected chi connectivity index (χ1v) is 6.75. The van der Waals surface area contributed by atoms with E-state index in [0.29, 0.717) is 5.96 Å². The van der Waals surface area contributed by atoms with E-state index in [2.05, 4.69) is 25.8 Å². The average molecular weight is 258 g/mol. The highest BCUT2D eigenvalue weighted by Gasteiger charge is 2.05. The fourth-order valence-corrected chi connectivity index (χ4v) is 1.90. The summed E-state index contributed by atoms with van der Waals surface area (Å²) in [6.07, 6.45) is 0. The van der Waals surface area contributed by atoms with Crippen LogP contribution in [0.15, 0.2) is 0 Å². The molecule has 0 bridgehead atoms. The van der Waals surface area contributed by atoms with Crippen molar-refractivity contribution in [2.45, 2.75) is 0 Å². The Morgan fingerprint density at radius 2 is 1.39 bits per heavy atom. The van der Waals surface area contributed by atoms with Crippen LogP contribution in [0.4, 0.5) is 0 Å². The molecule has 1 saturated heterocycles. The van der Waals surface area contributed by atoms with Crippen LogP contribution in [0.3, 0.4) is 0 Å². The molecule has 0 aromatic rings. The minimum atomic E-state index is 0.298. The maximum absolute atomic E-state index is 5.38. The molecule has 1 rings (SSSR count). The number of nitrogens with zero attached hydrogens (tertiary/aromatic N) is 1. The van der Waals surface area contributed by atoms with E-state index in [-0.39, 0.29) is 0 Å². The highest BCUT2D eigenvalue weighted by atomic mass is 15.2. The summed E-state index contributed by atoms with van der Waals surface area (Å²) >= 11 is 0. The molecule has 1 heterocycles. The topological polar surface area (TPSA) is 105 Å². The molecule has 0 spiro atoms. The van der Waals surface area contributed by atoms with Crippen molar-refractivity contribution in [2.75, 3.05) is 65.4 Å². The minimum absolute atomic E-state index is 0.298. The Morgan fingerprint density at radius 1 is 0.889 bits per heavy atom. The molecule has 0 aromatic heterocycles. The van der Waals surface area contributed by atoms with Crippen LogP contribution in [0.1, 0.15) is 0 Å². The van der Waals surface area contributed by atoms with Crippen LogP contribution in [0.2, 0.25) is 0 Å². The lowest BCUT2D eigenvalue weighted by atomic mass is 10.4. The maximum Gasteiger partial charge on any atom is 0.338 e. The summed E-state index contributed by atoms with van der Waals surface area (Å²) in [7, 11) is 0. The zero-order valence-electron chi connectivity index (χ0n) is 11.2. The van der Waals surface area contributed by atoms with Crippen molar-refractivity contribution in [1.82, 2.24) is 20.9 Å². The summed E-state index contributed by atoms with van der Waals surface area (Å²) in [5, 5.41) is 10.2. The van der Waals surface area contributed by atoms with Gasteiger partial charge in [-0.15, -0.1) is 0 Å². The molecule has 0 amide bonds. The van der Waals surface area contributed by atoms with Crippen LogP contribution in [0.25, 0.3) is 0 Å². The first-order valence-electron chi connectivity index (χ1n) is 6.75. The van der Waals surface area contributed by atoms with Gasteiger partial charge in [-0.25, -0.2) is 0 Å². The second-order valence-corrected chi connectivity index (χ2v) is 4.47. The van der Waals surface area contributed by atoms with Crippen LogP contribution in [0.5, 0.6) is 0 Å². The summed E-state index contributed by atoms with van der Waals surface area (Å²) in [4.78, 5) is 5.37. The van der Waals surface area contributed by atoms with E-state index in [1.54, 1.807) is 0 Å². The molecule has 18 heavy (non-hydrogen) atoms. The normalized spacial score (nSPS) is 20.7. The Morgan fingerprint density at radius 3 is 1.89 bits per heavy atom. The predicted octanol–water partition coefficient (Wildman–Crippen LogP) is -4.58. The van der Waals surface area contributed by atoms with Gasteiger partial charge in [-0.2, -0.15) is 0 Å². The Balaban J connectivity index is 2.25. The van der Waals surface area contributed by atoms with Crippen molar-refractivity contribution in [3.05, 3.63) is 0 Å². The van der Waals surface area contributed by atoms with E-state index in [1.165, 1.54) is 0 Å². The first kappa shape index (κ1) is 15.2. The zero-order chi connectivity index (χ0) is 13.1. The lowest BCUT2D eigenvalue weighted by Gasteiger charge is -2.22. The molecule has 1 fully saturated rings. The largest absolute Gasteiger partial charge is 0.338 e. The van der Waals surface area contributed by atoms with Crippen molar-refractivity contribution in [2.24, 2.45) is 11.5 Å². The van der Waals surface area contributed by atoms with Crippen LogP contribution in [-0.4, -0.2) is 76.3 Å². The SMILES string of the molecule is NC(N)=[NH+]CCN1CCNCCNCCNCC1. The van der Waals surface area contributed by atoms with E-state index in [0.717, 1.165) is 65.4 Å². The van der Waals surface area contributed by atoms with Gasteiger partial charge in [0.25, 0.3) is 0 Å². The van der Waals surface area contributed by atoms with Gasteiger partial charge in [0, 0.05) is 58.9 Å². The molecule has 1 aliphatic heterocycles. The Hall–Kier alpha value is -0.890. The lowest BCUT2D eigenvalue weighted by Crippen LogP contribution is -2.79. The van der Waals surface area contributed by atoms with E-state index in [9.17, 15) is 0 Å². The zero-order valence-corrected chi connectivity index (χ0v) is 11.2. The van der Waals surface area contributed by atoms with Crippen molar-refractivity contribution in [1.29, 1.82) is 0 Å². The first-order chi connectivity index (χ1) is 8.79. The molecule has 7 nitrogen and oxygen atoms in total. The van der Waals surface area contributed by atoms with Crippen molar-refractivity contribution >= 4 is 5.96 Å². The summed E-state index contributed by atoms with van der Waals surface area (Å²) < 4.78 is 0. The van der Waals surface area contributed by atoms with Crippen molar-refractivity contribution < 1.29 is 4.99 Å². The molecular weight excluding hydrogens is 230 g/mol. The summed E-state index contributed by atoms with van der Waals surface area (Å²) in [6.45, 7) is 9.99. The van der Waals surface area contributed by atoms with E-state index < -0.39 is 0 Å². The van der Waals surface area contributed by atoms with Gasteiger partial charge >= 0.3 is 5.96 Å². The van der Waals surface area contributed by atoms with Crippen LogP contribution in [0, 0.1) is 0 Å². The van der Waals surface area contributed by atoms with E-state index in [4.69, 9.17) is 11.5 Å². The van der Waals surface area contributed by atoms with Gasteiger partial charge in [0.1, 0.15) is 0 Å². The highest BCUT2D eigenvalue weighted by Crippen LogP contribution is 1.84. The molecular formula is C11H28N7+. The quantitative estimate of drug-likeness (QED) is 0.225. The standard InChI is InChI=1S/C11H27N7/c12-11(13)17-7-10-18-8-5-15-3-1-14-2-4-16-6-9-18/h14-16H,1-10H2,(H4,12,13,17)/p+1. The molecule has 0 aromatic carbocycles. The van der Waals surface area contributed by atoms with Gasteiger partial charge in [0.05, 0.1) is 6.54 Å². The molecule has 7 heteroatoms. The lowest BCUT2D eigenvalue weighted by molar-refractivity contribution is -0.459. The van der Waals surface area contributed by atoms with Gasteiger partial charge < -0.3 is 16.0 Å². The van der Waals surface area contributed by atoms with Gasteiger partial charge in [0.15, 0.2) is 0 Å². The highest BCUT2D eigenvalue weighted by molar-refractivity contribution is 5.69. The van der Waals surface area contributed by atoms with Crippen molar-refractivity contribution in [3.8, 4) is 0 Å². The third-order valence-corrected chi connectivity index (χ3v) is 2.92. The van der Waals surface area contributed by atoms with E-state index in [1.807, 2.05) is 0 Å². The smallest absolute Gasteiger partial charge is 0.314 e. The molecule has 0 unspecified atom stereocenters. The van der Waals surface area contributed by atoms with Gasteiger partial charge in [-0.05, 0) is 0 Å². The van der Waals surface area contributed by atoms with Crippen LogP contribution >= 0.6 is 0 Å². The number of rotatable bonds is 3. The fourth-order valence-electron chi connectivity index (χ4n) is 1.90. The molecule has 0 aliphatic carbocycles. The Bertz CT molecular complexity index is 215. The van der Waals surface area contributed by atoms with Gasteiger partial charge in [0.2, 0.25) is 0 Å². The minimum Gasteiger partial charge on any atom is -0.314 e. The summed E-state index contributed by atoms with van der Waals surface area (Å²) in [6, 6.07) is 0. The fraction of sp³-hybridized carbons (Fsp3) is 0.909. The molecule has 0 radical (unpaired) electrons. The number of guanidine groups is 1. The Kier molecular flexibility index (Phi) is 8.49. The van der Waals surface area contributed by atoms with Gasteiger partial charge in [-0.1, -0.05) is 0 Å².